The maximum absolute atomic E-state index is 10.1. The molecule has 4 aliphatic rings. The standard InChI is InChI=1S/2C30H59N2O.2C2H6NO4S2.BrH.K/c2*1-2-3-4-5-6-7-8-9-10-11-12-13-14-15-16-17-22-29-23-18-19-24-31-25-20-26-32(30(29)31)27-21-28-33;2*1-8(4,5)3-9(2,6)7;;/h2*29,33H,2-28H2,1H3;2*1-2H3;1H;/q2*+1;2*-1;;+1/p-1. The van der Waals surface area contributed by atoms with Crippen molar-refractivity contribution in [3.05, 3.63) is 8.25 Å². The summed E-state index contributed by atoms with van der Waals surface area (Å²) in [5.74, 6) is 4.87. The van der Waals surface area contributed by atoms with Crippen LogP contribution in [0.15, 0.2) is 0 Å². The van der Waals surface area contributed by atoms with Gasteiger partial charge in [-0.05, 0) is 51.4 Å². The van der Waals surface area contributed by atoms with E-state index in [2.05, 4.69) is 41.1 Å². The molecule has 4 rings (SSSR count). The van der Waals surface area contributed by atoms with Crippen LogP contribution in [0.4, 0.5) is 0 Å². The molecule has 0 saturated carbocycles. The number of aliphatic hydroxyl groups excluding tert-OH is 2. The van der Waals surface area contributed by atoms with Gasteiger partial charge in [0.25, 0.3) is 0 Å². The van der Waals surface area contributed by atoms with Crippen LogP contribution in [0.25, 0.3) is 8.25 Å². The molecule has 2 unspecified atom stereocenters. The van der Waals surface area contributed by atoms with Crippen LogP contribution in [0.1, 0.15) is 296 Å². The molecule has 0 aromatic rings. The predicted molar refractivity (Wildman–Crippen MR) is 355 cm³/mol. The number of nitrogens with zero attached hydrogens (tertiary/aromatic N) is 6. The van der Waals surface area contributed by atoms with E-state index < -0.39 is 40.1 Å². The SMILES string of the molecule is CCCCCCCCCCCCCCCCCCC1CCCC[N+]2=C1N(CCCO)CCC2.CCCCCCCCCCCCCCCCCCC1CCCC[N+]2=C1N(CCCO)CCC2.CS(=O)(=O)[N-]S(C)(=O)=O.CS(=O)(=O)[N-]S(C)(=O)=O.[Br-].[K+]. The van der Waals surface area contributed by atoms with Crippen LogP contribution in [0.3, 0.4) is 0 Å². The Labute approximate surface area is 584 Å². The van der Waals surface area contributed by atoms with Gasteiger partial charge in [0.1, 0.15) is 0 Å². The molecule has 4 heterocycles. The molecule has 0 amide bonds. The second kappa shape index (κ2) is 56.1. The molecule has 4 aliphatic heterocycles. The van der Waals surface area contributed by atoms with Crippen LogP contribution < -0.4 is 68.4 Å². The molecular formula is C64H130BrKN6O10S4. The molecular weight excluding hydrogens is 1260 g/mol. The van der Waals surface area contributed by atoms with Crippen molar-refractivity contribution >= 4 is 51.8 Å². The summed E-state index contributed by atoms with van der Waals surface area (Å²) in [6.45, 7) is 14.8. The van der Waals surface area contributed by atoms with Crippen LogP contribution in [-0.2, 0) is 40.1 Å². The third-order valence-electron chi connectivity index (χ3n) is 16.7. The number of halogens is 1. The summed E-state index contributed by atoms with van der Waals surface area (Å²) < 4.78 is 91.2. The third-order valence-corrected chi connectivity index (χ3v) is 21.1. The maximum atomic E-state index is 10.1. The smallest absolute Gasteiger partial charge is 1.00 e. The quantitative estimate of drug-likeness (QED) is 0.0334. The molecule has 508 valence electrons. The van der Waals surface area contributed by atoms with Crippen molar-refractivity contribution in [1.82, 2.24) is 9.80 Å². The maximum Gasteiger partial charge on any atom is 1.00 e. The van der Waals surface area contributed by atoms with Gasteiger partial charge in [-0.15, -0.1) is 0 Å². The summed E-state index contributed by atoms with van der Waals surface area (Å²) >= 11 is 0. The van der Waals surface area contributed by atoms with Crippen molar-refractivity contribution in [3.63, 3.8) is 0 Å². The fourth-order valence-electron chi connectivity index (χ4n) is 12.8. The zero-order chi connectivity index (χ0) is 62.2. The normalized spacial score (nSPS) is 17.5. The van der Waals surface area contributed by atoms with Gasteiger partial charge in [0.05, 0.1) is 104 Å². The van der Waals surface area contributed by atoms with Crippen molar-refractivity contribution < 1.29 is 121 Å². The number of unbranched alkanes of at least 4 members (excludes halogenated alkanes) is 30. The van der Waals surface area contributed by atoms with Gasteiger partial charge < -0.3 is 35.4 Å². The number of rotatable bonds is 44. The Kier molecular flexibility index (Phi) is 57.9. The topological polar surface area (TPSA) is 218 Å². The van der Waals surface area contributed by atoms with Crippen molar-refractivity contribution in [1.29, 1.82) is 0 Å². The van der Waals surface area contributed by atoms with Gasteiger partial charge >= 0.3 is 51.4 Å². The van der Waals surface area contributed by atoms with Crippen LogP contribution in [0.5, 0.6) is 0 Å². The Hall–Kier alpha value is 0.696. The van der Waals surface area contributed by atoms with Crippen LogP contribution in [0.2, 0.25) is 0 Å². The average molecular weight is 1390 g/mol. The van der Waals surface area contributed by atoms with Crippen LogP contribution >= 0.6 is 0 Å². The molecule has 0 aliphatic carbocycles. The Balaban J connectivity index is 0. The molecule has 22 heteroatoms. The Bertz CT molecular complexity index is 1950. The second-order valence-electron chi connectivity index (χ2n) is 25.2. The molecule has 0 saturated heterocycles. The first-order valence-electron chi connectivity index (χ1n) is 34.4. The zero-order valence-electron chi connectivity index (χ0n) is 56.2. The predicted octanol–water partition coefficient (Wildman–Crippen LogP) is 8.44. The molecule has 2 N–H and O–H groups in total. The monoisotopic (exact) mass is 1390 g/mol. The molecule has 0 spiro atoms. The van der Waals surface area contributed by atoms with Crippen molar-refractivity contribution in [2.24, 2.45) is 11.8 Å². The van der Waals surface area contributed by atoms with Crippen LogP contribution in [0, 0.1) is 11.8 Å². The molecule has 0 fully saturated rings. The second-order valence-corrected chi connectivity index (χ2v) is 32.2. The van der Waals surface area contributed by atoms with Crippen molar-refractivity contribution in [2.75, 3.05) is 90.6 Å². The van der Waals surface area contributed by atoms with E-state index in [-0.39, 0.29) is 68.4 Å². The summed E-state index contributed by atoms with van der Waals surface area (Å²) in [6.07, 6.45) is 64.8. The van der Waals surface area contributed by atoms with Gasteiger partial charge in [-0.25, -0.2) is 33.7 Å². The minimum Gasteiger partial charge on any atom is -1.00 e. The Morgan fingerprint density at radius 1 is 0.372 bits per heavy atom. The van der Waals surface area contributed by atoms with Gasteiger partial charge in [-0.3, -0.25) is 19.0 Å². The minimum atomic E-state index is -3.74. The molecule has 0 bridgehead atoms. The van der Waals surface area contributed by atoms with Gasteiger partial charge in [0.2, 0.25) is 11.7 Å². The van der Waals surface area contributed by atoms with E-state index in [4.69, 9.17) is 0 Å². The van der Waals surface area contributed by atoms with Gasteiger partial charge in [-0.1, -0.05) is 219 Å². The fourth-order valence-corrected chi connectivity index (χ4v) is 16.7. The summed E-state index contributed by atoms with van der Waals surface area (Å²) in [7, 11) is -15.0. The van der Waals surface area contributed by atoms with Gasteiger partial charge in [-0.2, -0.15) is 0 Å². The first-order chi connectivity index (χ1) is 40.1. The van der Waals surface area contributed by atoms with E-state index >= 15 is 0 Å². The largest absolute Gasteiger partial charge is 1.00 e. The zero-order valence-corrected chi connectivity index (χ0v) is 64.2. The molecule has 2 atom stereocenters. The first kappa shape index (κ1) is 88.8. The van der Waals surface area contributed by atoms with E-state index in [9.17, 15) is 43.9 Å². The number of amidine groups is 2. The van der Waals surface area contributed by atoms with E-state index in [0.717, 1.165) is 37.8 Å². The van der Waals surface area contributed by atoms with Gasteiger partial charge in [0.15, 0.2) is 0 Å². The molecule has 0 aromatic carbocycles. The third kappa shape index (κ3) is 52.1. The van der Waals surface area contributed by atoms with E-state index in [1.54, 1.807) is 11.7 Å². The molecule has 86 heavy (non-hydrogen) atoms. The summed E-state index contributed by atoms with van der Waals surface area (Å²) in [6, 6.07) is 0. The Morgan fingerprint density at radius 2 is 0.605 bits per heavy atom. The number of aliphatic hydroxyl groups is 2. The number of hydrogen-bond acceptors (Lipinski definition) is 12. The molecule has 16 nitrogen and oxygen atoms in total. The summed E-state index contributed by atoms with van der Waals surface area (Å²) in [4.78, 5) is 5.28. The average Bonchev–Trinajstić information content (AvgIpc) is 3.04. The molecule has 0 radical (unpaired) electrons. The summed E-state index contributed by atoms with van der Waals surface area (Å²) in [5.41, 5.74) is 0. The van der Waals surface area contributed by atoms with Crippen LogP contribution in [-0.4, -0.2) is 165 Å². The minimum absolute atomic E-state index is 0. The van der Waals surface area contributed by atoms with E-state index in [1.807, 2.05) is 0 Å². The number of hydrogen-bond donors (Lipinski definition) is 2. The first-order valence-corrected chi connectivity index (χ1v) is 41.8. The van der Waals surface area contributed by atoms with Gasteiger partial charge in [0, 0.05) is 63.9 Å². The van der Waals surface area contributed by atoms with E-state index in [0.29, 0.717) is 38.2 Å². The molecule has 0 aromatic heterocycles. The number of sulfonamides is 4. The van der Waals surface area contributed by atoms with Crippen molar-refractivity contribution in [2.45, 2.75) is 296 Å². The summed E-state index contributed by atoms with van der Waals surface area (Å²) in [5, 5.41) is 18.6. The van der Waals surface area contributed by atoms with E-state index in [1.165, 1.54) is 309 Å². The Morgan fingerprint density at radius 3 is 0.826 bits per heavy atom. The van der Waals surface area contributed by atoms with Crippen molar-refractivity contribution in [3.8, 4) is 0 Å². The fraction of sp³-hybridized carbons (Fsp3) is 0.969.